The lowest BCUT2D eigenvalue weighted by atomic mass is 10.2. The quantitative estimate of drug-likeness (QED) is 0.606. The summed E-state index contributed by atoms with van der Waals surface area (Å²) in [4.78, 5) is 0. The Bertz CT molecular complexity index is 49.6. The van der Waals surface area contributed by atoms with Gasteiger partial charge >= 0.3 is 0 Å². The molecule has 0 amide bonds. The van der Waals surface area contributed by atoms with Crippen molar-refractivity contribution < 1.29 is 4.52 Å². The second-order valence-corrected chi connectivity index (χ2v) is 4.64. The summed E-state index contributed by atoms with van der Waals surface area (Å²) >= 11 is 5.56. The first-order valence-corrected chi connectivity index (χ1v) is 6.26. The largest absolute Gasteiger partial charge is 0.343 e. The molecule has 0 saturated heterocycles. The maximum absolute atomic E-state index is 5.56. The van der Waals surface area contributed by atoms with E-state index in [-0.39, 0.29) is 0 Å². The minimum Gasteiger partial charge on any atom is -0.343 e. The molecule has 0 spiro atoms. The second-order valence-electron chi connectivity index (χ2n) is 2.11. The van der Waals surface area contributed by atoms with E-state index in [2.05, 4.69) is 13.8 Å². The van der Waals surface area contributed by atoms with Gasteiger partial charge in [0.25, 0.3) is 0 Å². The van der Waals surface area contributed by atoms with E-state index in [0.717, 1.165) is 6.61 Å². The van der Waals surface area contributed by atoms with E-state index in [1.165, 1.54) is 0 Å². The lowest BCUT2D eigenvalue weighted by Gasteiger charge is -2.06. The van der Waals surface area contributed by atoms with Crippen molar-refractivity contribution in [2.75, 3.05) is 13.3 Å². The summed E-state index contributed by atoms with van der Waals surface area (Å²) in [6.07, 6.45) is 0. The molecule has 0 heterocycles. The van der Waals surface area contributed by atoms with Crippen molar-refractivity contribution in [3.05, 3.63) is 0 Å². The number of rotatable bonds is 3. The molecule has 0 fully saturated rings. The van der Waals surface area contributed by atoms with Crippen LogP contribution in [0.15, 0.2) is 0 Å². The van der Waals surface area contributed by atoms with E-state index in [4.69, 9.17) is 15.8 Å². The Morgan fingerprint density at radius 3 is 1.90 bits per heavy atom. The Kier molecular flexibility index (Phi) is 12.9. The van der Waals surface area contributed by atoms with Crippen LogP contribution < -0.4 is 0 Å². The van der Waals surface area contributed by atoms with Gasteiger partial charge in [-0.3, -0.25) is 0 Å². The highest BCUT2D eigenvalue weighted by Gasteiger charge is 1.97. The van der Waals surface area contributed by atoms with Gasteiger partial charge in [-0.2, -0.15) is 0 Å². The van der Waals surface area contributed by atoms with E-state index in [0.29, 0.717) is 5.92 Å². The number of hydrogen-bond donors (Lipinski definition) is 0. The maximum Gasteiger partial charge on any atom is 0.121 e. The Labute approximate surface area is 70.7 Å². The molecular formula is C7H18ClOP. The molecule has 0 saturated carbocycles. The molecule has 0 N–H and O–H groups in total. The minimum atomic E-state index is -0.661. The van der Waals surface area contributed by atoms with Gasteiger partial charge in [-0.25, -0.2) is 0 Å². The lowest BCUT2D eigenvalue weighted by molar-refractivity contribution is 0.305. The molecule has 64 valence electrons. The van der Waals surface area contributed by atoms with Crippen molar-refractivity contribution in [2.45, 2.75) is 27.7 Å². The van der Waals surface area contributed by atoms with Crippen molar-refractivity contribution >= 4 is 18.7 Å². The van der Waals surface area contributed by atoms with Crippen molar-refractivity contribution in [2.24, 2.45) is 5.92 Å². The van der Waals surface area contributed by atoms with Gasteiger partial charge in [-0.1, -0.05) is 38.9 Å². The normalized spacial score (nSPS) is 12.3. The SMILES string of the molecule is CC.CC(C)COP(C)Cl. The number of hydrogen-bond acceptors (Lipinski definition) is 1. The fourth-order valence-corrected chi connectivity index (χ4v) is 0.924. The summed E-state index contributed by atoms with van der Waals surface area (Å²) in [5, 5.41) is 0. The van der Waals surface area contributed by atoms with Gasteiger partial charge in [0.15, 0.2) is 0 Å². The van der Waals surface area contributed by atoms with Gasteiger partial charge in [0.2, 0.25) is 0 Å². The fraction of sp³-hybridized carbons (Fsp3) is 1.00. The van der Waals surface area contributed by atoms with E-state index in [1.54, 1.807) is 0 Å². The van der Waals surface area contributed by atoms with Gasteiger partial charge in [-0.05, 0) is 12.6 Å². The molecule has 1 unspecified atom stereocenters. The van der Waals surface area contributed by atoms with Crippen LogP contribution in [0, 0.1) is 5.92 Å². The highest BCUT2D eigenvalue weighted by atomic mass is 35.7. The molecule has 0 aromatic rings. The van der Waals surface area contributed by atoms with Crippen LogP contribution in [0.25, 0.3) is 0 Å². The predicted molar refractivity (Wildman–Crippen MR) is 50.8 cm³/mol. The van der Waals surface area contributed by atoms with Gasteiger partial charge in [0.05, 0.1) is 6.61 Å². The molecule has 0 aliphatic carbocycles. The molecule has 0 aromatic heterocycles. The zero-order chi connectivity index (χ0) is 8.57. The Morgan fingerprint density at radius 2 is 1.80 bits per heavy atom. The van der Waals surface area contributed by atoms with E-state index < -0.39 is 7.50 Å². The summed E-state index contributed by atoms with van der Waals surface area (Å²) in [5.74, 6) is 0.596. The number of halogens is 1. The highest BCUT2D eigenvalue weighted by molar-refractivity contribution is 7.79. The van der Waals surface area contributed by atoms with Gasteiger partial charge < -0.3 is 4.52 Å². The predicted octanol–water partition coefficient (Wildman–Crippen LogP) is 3.87. The monoisotopic (exact) mass is 184 g/mol. The van der Waals surface area contributed by atoms with E-state index in [9.17, 15) is 0 Å². The molecule has 0 radical (unpaired) electrons. The third kappa shape index (κ3) is 15.9. The first-order chi connectivity index (χ1) is 4.63. The van der Waals surface area contributed by atoms with Crippen LogP contribution in [0.5, 0.6) is 0 Å². The highest BCUT2D eigenvalue weighted by Crippen LogP contribution is 2.37. The third-order valence-corrected chi connectivity index (χ3v) is 1.38. The summed E-state index contributed by atoms with van der Waals surface area (Å²) in [7, 11) is -0.661. The maximum atomic E-state index is 5.56. The summed E-state index contributed by atoms with van der Waals surface area (Å²) < 4.78 is 5.13. The zero-order valence-corrected chi connectivity index (χ0v) is 9.17. The molecular weight excluding hydrogens is 167 g/mol. The average molecular weight is 185 g/mol. The van der Waals surface area contributed by atoms with Crippen LogP contribution in [0.4, 0.5) is 0 Å². The van der Waals surface area contributed by atoms with Crippen molar-refractivity contribution in [1.82, 2.24) is 0 Å². The van der Waals surface area contributed by atoms with Crippen LogP contribution in [0.3, 0.4) is 0 Å². The first kappa shape index (κ1) is 13.3. The van der Waals surface area contributed by atoms with Gasteiger partial charge in [0.1, 0.15) is 7.50 Å². The van der Waals surface area contributed by atoms with Gasteiger partial charge in [-0.15, -0.1) is 0 Å². The van der Waals surface area contributed by atoms with E-state index >= 15 is 0 Å². The van der Waals surface area contributed by atoms with E-state index in [1.807, 2.05) is 20.5 Å². The third-order valence-electron chi connectivity index (χ3n) is 0.586. The van der Waals surface area contributed by atoms with Crippen LogP contribution in [-0.4, -0.2) is 13.3 Å². The zero-order valence-electron chi connectivity index (χ0n) is 7.52. The van der Waals surface area contributed by atoms with Crippen LogP contribution >= 0.6 is 18.7 Å². The molecule has 0 rings (SSSR count). The molecule has 0 aliphatic heterocycles. The fourth-order valence-electron chi connectivity index (χ4n) is 0.252. The Hall–Kier alpha value is 0.680. The van der Waals surface area contributed by atoms with Gasteiger partial charge in [0, 0.05) is 0 Å². The molecule has 0 bridgehead atoms. The summed E-state index contributed by atoms with van der Waals surface area (Å²) in [5.41, 5.74) is 0. The standard InChI is InChI=1S/C5H12ClOP.C2H6/c1-5(2)4-7-8(3)6;1-2/h5H,4H2,1-3H3;1-2H3. The van der Waals surface area contributed by atoms with Crippen molar-refractivity contribution in [3.8, 4) is 0 Å². The molecule has 0 aliphatic rings. The average Bonchev–Trinajstić information content (AvgIpc) is 1.89. The lowest BCUT2D eigenvalue weighted by Crippen LogP contribution is -1.95. The van der Waals surface area contributed by atoms with Crippen molar-refractivity contribution in [3.63, 3.8) is 0 Å². The second kappa shape index (κ2) is 9.68. The first-order valence-electron chi connectivity index (χ1n) is 3.65. The Morgan fingerprint density at radius 1 is 1.40 bits per heavy atom. The molecule has 10 heavy (non-hydrogen) atoms. The van der Waals surface area contributed by atoms with Crippen LogP contribution in [-0.2, 0) is 4.52 Å². The summed E-state index contributed by atoms with van der Waals surface area (Å²) in [6, 6.07) is 0. The van der Waals surface area contributed by atoms with Crippen LogP contribution in [0.1, 0.15) is 27.7 Å². The Balaban J connectivity index is 0. The molecule has 0 aromatic carbocycles. The smallest absolute Gasteiger partial charge is 0.121 e. The van der Waals surface area contributed by atoms with Crippen LogP contribution in [0.2, 0.25) is 0 Å². The summed E-state index contributed by atoms with van der Waals surface area (Å²) in [6.45, 7) is 10.9. The molecule has 1 atom stereocenters. The van der Waals surface area contributed by atoms with Crippen molar-refractivity contribution in [1.29, 1.82) is 0 Å². The molecule has 3 heteroatoms. The topological polar surface area (TPSA) is 9.23 Å². The molecule has 1 nitrogen and oxygen atoms in total. The minimum absolute atomic E-state index is 0.596.